The summed E-state index contributed by atoms with van der Waals surface area (Å²) in [7, 11) is 0. The van der Waals surface area contributed by atoms with Gasteiger partial charge in [0.1, 0.15) is 17.1 Å². The molecule has 3 aliphatic carbocycles. The fourth-order valence-corrected chi connectivity index (χ4v) is 5.07. The van der Waals surface area contributed by atoms with Crippen LogP contribution in [0.15, 0.2) is 29.0 Å². The van der Waals surface area contributed by atoms with Gasteiger partial charge in [-0.05, 0) is 17.5 Å². The fraction of sp³-hybridized carbons (Fsp3) is 0.350. The predicted octanol–water partition coefficient (Wildman–Crippen LogP) is 0.440. The first-order chi connectivity index (χ1) is 14.5. The van der Waals surface area contributed by atoms with E-state index in [1.165, 1.54) is 12.1 Å². The number of nitrogens with zero attached hydrogens (tertiary/aromatic N) is 2. The van der Waals surface area contributed by atoms with Crippen LogP contribution in [0.25, 0.3) is 10.7 Å². The van der Waals surface area contributed by atoms with E-state index in [1.807, 2.05) is 0 Å². The lowest BCUT2D eigenvalue weighted by molar-refractivity contribution is -0.160. The second-order valence-corrected chi connectivity index (χ2v) is 7.98. The van der Waals surface area contributed by atoms with Crippen LogP contribution < -0.4 is 5.73 Å². The lowest BCUT2D eigenvalue weighted by atomic mass is 9.55. The number of aliphatic hydroxyl groups excluding tert-OH is 3. The van der Waals surface area contributed by atoms with Gasteiger partial charge in [-0.1, -0.05) is 6.92 Å². The van der Waals surface area contributed by atoms with E-state index in [0.717, 1.165) is 0 Å². The van der Waals surface area contributed by atoms with Crippen molar-refractivity contribution >= 4 is 28.9 Å². The van der Waals surface area contributed by atoms with Crippen LogP contribution in [0.2, 0.25) is 0 Å². The van der Waals surface area contributed by atoms with E-state index in [4.69, 9.17) is 11.1 Å². The number of hydrogen-bond acceptors (Lipinski definition) is 9. The number of ketones is 2. The number of hydrogen-bond donors (Lipinski definition) is 6. The van der Waals surface area contributed by atoms with E-state index in [1.54, 1.807) is 6.92 Å². The highest BCUT2D eigenvalue weighted by Crippen LogP contribution is 2.56. The Morgan fingerprint density at radius 2 is 1.90 bits per heavy atom. The first-order valence-electron chi connectivity index (χ1n) is 9.34. The van der Waals surface area contributed by atoms with Gasteiger partial charge in [0, 0.05) is 29.9 Å². The Hall–Kier alpha value is -3.75. The van der Waals surface area contributed by atoms with Gasteiger partial charge in [0.05, 0.1) is 11.7 Å². The van der Waals surface area contributed by atoms with Crippen molar-refractivity contribution in [1.82, 2.24) is 0 Å². The maximum Gasteiger partial charge on any atom is 0.426 e. The molecule has 1 fully saturated rings. The SMILES string of the molecule is C[C@@H]1c2ccc([N+]#N)c(O)c2C(O)=C2C(=O)[C@]3(O)C(O)=C(C(N)=O)C(=O)C[C@@H]3[C@@H](O)[C@@H]21. The smallest absolute Gasteiger partial charge is 0.426 e. The molecule has 5 atom stereocenters. The van der Waals surface area contributed by atoms with Gasteiger partial charge in [-0.15, -0.1) is 0 Å². The summed E-state index contributed by atoms with van der Waals surface area (Å²) in [5.41, 5.74) is 0.577. The highest BCUT2D eigenvalue weighted by Gasteiger charge is 2.65. The minimum atomic E-state index is -2.89. The molecule has 0 aromatic heterocycles. The molecule has 1 aromatic rings. The van der Waals surface area contributed by atoms with Crippen LogP contribution in [0.5, 0.6) is 5.75 Å². The van der Waals surface area contributed by atoms with Gasteiger partial charge in [-0.3, -0.25) is 14.4 Å². The quantitative estimate of drug-likeness (QED) is 0.270. The van der Waals surface area contributed by atoms with Crippen LogP contribution in [-0.4, -0.2) is 54.7 Å². The molecule has 0 unspecified atom stereocenters. The van der Waals surface area contributed by atoms with Gasteiger partial charge in [0.15, 0.2) is 16.4 Å². The Balaban J connectivity index is 2.03. The Kier molecular flexibility index (Phi) is 4.22. The van der Waals surface area contributed by atoms with E-state index >= 15 is 0 Å². The molecule has 1 aromatic carbocycles. The van der Waals surface area contributed by atoms with Crippen LogP contribution in [0.3, 0.4) is 0 Å². The van der Waals surface area contributed by atoms with Crippen LogP contribution in [0, 0.1) is 17.2 Å². The first-order valence-corrected chi connectivity index (χ1v) is 9.34. The van der Waals surface area contributed by atoms with Crippen LogP contribution in [0.4, 0.5) is 5.69 Å². The molecular weight excluding hydrogens is 410 g/mol. The Bertz CT molecular complexity index is 1190. The molecule has 7 N–H and O–H groups in total. The lowest BCUT2D eigenvalue weighted by Crippen LogP contribution is -2.63. The molecule has 1 saturated carbocycles. The monoisotopic (exact) mass is 428 g/mol. The number of carbonyl (C=O) groups is 3. The van der Waals surface area contributed by atoms with E-state index in [2.05, 4.69) is 4.98 Å². The Labute approximate surface area is 174 Å². The van der Waals surface area contributed by atoms with E-state index in [9.17, 15) is 39.9 Å². The molecule has 0 bridgehead atoms. The van der Waals surface area contributed by atoms with Crippen LogP contribution >= 0.6 is 0 Å². The summed E-state index contributed by atoms with van der Waals surface area (Å²) in [6.45, 7) is 1.60. The van der Waals surface area contributed by atoms with Crippen molar-refractivity contribution in [3.05, 3.63) is 45.1 Å². The van der Waals surface area contributed by atoms with E-state index < -0.39 is 81.8 Å². The first kappa shape index (κ1) is 20.5. The number of aromatic hydroxyl groups is 1. The summed E-state index contributed by atoms with van der Waals surface area (Å²) in [6.07, 6.45) is -2.23. The zero-order valence-corrected chi connectivity index (χ0v) is 16.1. The number of phenols is 1. The van der Waals surface area contributed by atoms with Crippen molar-refractivity contribution in [2.24, 2.45) is 17.6 Å². The number of primary amides is 1. The number of diazo groups is 1. The topological polar surface area (TPSA) is 207 Å². The number of amides is 1. The summed E-state index contributed by atoms with van der Waals surface area (Å²) >= 11 is 0. The minimum Gasteiger partial charge on any atom is -0.508 e. The third-order valence-corrected chi connectivity index (χ3v) is 6.59. The van der Waals surface area contributed by atoms with Crippen LogP contribution in [0.1, 0.15) is 30.4 Å². The average Bonchev–Trinajstić information content (AvgIpc) is 2.70. The number of fused-ring (bicyclic) bond motifs is 3. The minimum absolute atomic E-state index is 0.234. The average molecular weight is 428 g/mol. The van der Waals surface area contributed by atoms with Crippen molar-refractivity contribution in [3.8, 4) is 5.75 Å². The summed E-state index contributed by atoms with van der Waals surface area (Å²) < 4.78 is 0. The summed E-state index contributed by atoms with van der Waals surface area (Å²) in [6, 6.07) is 2.71. The van der Waals surface area contributed by atoms with Crippen LogP contribution in [-0.2, 0) is 14.4 Å². The molecule has 1 amide bonds. The third kappa shape index (κ3) is 2.34. The number of aliphatic hydroxyl groups is 4. The zero-order valence-electron chi connectivity index (χ0n) is 16.1. The van der Waals surface area contributed by atoms with Gasteiger partial charge in [0.25, 0.3) is 5.91 Å². The van der Waals surface area contributed by atoms with E-state index in [-0.39, 0.29) is 11.3 Å². The number of rotatable bonds is 1. The molecule has 31 heavy (non-hydrogen) atoms. The number of benzene rings is 1. The molecule has 0 spiro atoms. The lowest BCUT2D eigenvalue weighted by Gasteiger charge is -2.50. The zero-order chi connectivity index (χ0) is 23.0. The van der Waals surface area contributed by atoms with E-state index in [0.29, 0.717) is 5.56 Å². The van der Waals surface area contributed by atoms with Crippen molar-refractivity contribution < 1.29 is 39.9 Å². The Morgan fingerprint density at radius 1 is 1.26 bits per heavy atom. The molecule has 0 radical (unpaired) electrons. The largest absolute Gasteiger partial charge is 0.508 e. The summed E-state index contributed by atoms with van der Waals surface area (Å²) in [5, 5.41) is 63.0. The third-order valence-electron chi connectivity index (χ3n) is 6.59. The highest BCUT2D eigenvalue weighted by atomic mass is 16.4. The van der Waals surface area contributed by atoms with Gasteiger partial charge >= 0.3 is 5.69 Å². The number of nitrogens with two attached hydrogens (primary N) is 1. The maximum absolute atomic E-state index is 13.4. The maximum atomic E-state index is 13.4. The van der Waals surface area contributed by atoms with Crippen molar-refractivity contribution in [2.75, 3.05) is 0 Å². The van der Waals surface area contributed by atoms with Crippen molar-refractivity contribution in [3.63, 3.8) is 0 Å². The summed E-state index contributed by atoms with van der Waals surface area (Å²) in [4.78, 5) is 40.3. The van der Waals surface area contributed by atoms with Gasteiger partial charge in [0.2, 0.25) is 16.9 Å². The van der Waals surface area contributed by atoms with Gasteiger partial charge in [-0.2, -0.15) is 0 Å². The standard InChI is InChI=1S/C20H17N3O8/c1-5-6-2-3-8(23-22)15(26)11(6)16(27)13-10(5)14(25)7-4-9(24)12(19(21)30)17(28)20(7,31)18(13)29/h2-3,5,7,10,14,25,31H,4H2,1H3,(H4-,21,24,26,27,28,29,30)/p+1/t5-,7-,10-,14-,20-/m1/s1. The molecule has 11 nitrogen and oxygen atoms in total. The normalized spacial score (nSPS) is 32.2. The number of Topliss-reactive ketones (excluding diaryl/α,β-unsaturated/α-hetero) is 2. The fourth-order valence-electron chi connectivity index (χ4n) is 5.07. The predicted molar refractivity (Wildman–Crippen MR) is 102 cm³/mol. The Morgan fingerprint density at radius 3 is 2.48 bits per heavy atom. The van der Waals surface area contributed by atoms with Crippen molar-refractivity contribution in [2.45, 2.75) is 31.0 Å². The molecule has 4 rings (SSSR count). The number of phenolic OH excluding ortho intramolecular Hbond substituents is 1. The molecule has 3 aliphatic rings. The molecule has 0 heterocycles. The van der Waals surface area contributed by atoms with Gasteiger partial charge < -0.3 is 31.3 Å². The molecule has 0 aliphatic heterocycles. The second kappa shape index (κ2) is 6.37. The molecular formula is C20H18N3O8+. The second-order valence-electron chi connectivity index (χ2n) is 7.98. The van der Waals surface area contributed by atoms with Crippen molar-refractivity contribution in [1.29, 1.82) is 5.39 Å². The molecule has 11 heteroatoms. The van der Waals surface area contributed by atoms with Gasteiger partial charge in [-0.25, -0.2) is 0 Å². The molecule has 160 valence electrons. The molecule has 0 saturated heterocycles. The number of carbonyl (C=O) groups excluding carboxylic acids is 3. The summed E-state index contributed by atoms with van der Waals surface area (Å²) in [5.74, 6) is -9.53. The highest BCUT2D eigenvalue weighted by molar-refractivity contribution is 6.23.